The first kappa shape index (κ1) is 12.7. The molecule has 0 saturated heterocycles. The Morgan fingerprint density at radius 3 is 2.90 bits per heavy atom. The van der Waals surface area contributed by atoms with Crippen molar-refractivity contribution in [3.63, 3.8) is 0 Å². The van der Waals surface area contributed by atoms with Gasteiger partial charge in [0, 0.05) is 36.3 Å². The number of rotatable bonds is 4. The van der Waals surface area contributed by atoms with Gasteiger partial charge in [-0.2, -0.15) is 5.10 Å². The van der Waals surface area contributed by atoms with Crippen LogP contribution in [-0.4, -0.2) is 24.7 Å². The van der Waals surface area contributed by atoms with Crippen molar-refractivity contribution in [3.05, 3.63) is 59.9 Å². The third-order valence-corrected chi connectivity index (χ3v) is 3.41. The molecule has 0 bridgehead atoms. The number of fused-ring (bicyclic) bond motifs is 1. The Labute approximate surface area is 116 Å². The van der Waals surface area contributed by atoms with E-state index in [1.165, 1.54) is 5.56 Å². The van der Waals surface area contributed by atoms with E-state index >= 15 is 0 Å². The molecule has 0 fully saturated rings. The molecule has 5 heteroatoms. The molecular formula is C15H16N4O. The molecule has 0 aliphatic heterocycles. The Hall–Kier alpha value is -2.27. The third kappa shape index (κ3) is 2.40. The SMILES string of the molecule is CCc1ccc(CC(O)c2cnn3ccncc23)nc1. The number of hydrogen-bond acceptors (Lipinski definition) is 4. The summed E-state index contributed by atoms with van der Waals surface area (Å²) in [6, 6.07) is 4.01. The first-order valence-electron chi connectivity index (χ1n) is 6.67. The van der Waals surface area contributed by atoms with E-state index in [1.807, 2.05) is 18.3 Å². The smallest absolute Gasteiger partial charge is 0.0903 e. The second kappa shape index (κ2) is 5.38. The molecule has 5 nitrogen and oxygen atoms in total. The highest BCUT2D eigenvalue weighted by Gasteiger charge is 2.14. The van der Waals surface area contributed by atoms with Crippen molar-refractivity contribution in [3.8, 4) is 0 Å². The molecule has 1 atom stereocenters. The minimum absolute atomic E-state index is 0.472. The van der Waals surface area contributed by atoms with Crippen LogP contribution in [0.5, 0.6) is 0 Å². The van der Waals surface area contributed by atoms with E-state index in [-0.39, 0.29) is 0 Å². The molecule has 3 rings (SSSR count). The summed E-state index contributed by atoms with van der Waals surface area (Å²) in [5, 5.41) is 14.6. The van der Waals surface area contributed by atoms with E-state index in [9.17, 15) is 5.11 Å². The van der Waals surface area contributed by atoms with Crippen molar-refractivity contribution in [2.75, 3.05) is 0 Å². The standard InChI is InChI=1S/C15H16N4O/c1-2-11-3-4-12(17-8-11)7-15(20)13-9-18-19-6-5-16-10-14(13)19/h3-6,8-10,15,20H,2,7H2,1H3. The fraction of sp³-hybridized carbons (Fsp3) is 0.267. The van der Waals surface area contributed by atoms with Gasteiger partial charge in [0.1, 0.15) is 0 Å². The van der Waals surface area contributed by atoms with Crippen LogP contribution < -0.4 is 0 Å². The fourth-order valence-electron chi connectivity index (χ4n) is 2.20. The van der Waals surface area contributed by atoms with Crippen LogP contribution in [0.2, 0.25) is 0 Å². The number of aryl methyl sites for hydroxylation is 1. The van der Waals surface area contributed by atoms with Gasteiger partial charge in [0.2, 0.25) is 0 Å². The van der Waals surface area contributed by atoms with Crippen molar-refractivity contribution in [2.45, 2.75) is 25.9 Å². The summed E-state index contributed by atoms with van der Waals surface area (Å²) >= 11 is 0. The lowest BCUT2D eigenvalue weighted by molar-refractivity contribution is 0.178. The zero-order chi connectivity index (χ0) is 13.9. The van der Waals surface area contributed by atoms with Crippen LogP contribution in [0.4, 0.5) is 0 Å². The van der Waals surface area contributed by atoms with Crippen LogP contribution >= 0.6 is 0 Å². The highest BCUT2D eigenvalue weighted by atomic mass is 16.3. The zero-order valence-corrected chi connectivity index (χ0v) is 11.3. The average Bonchev–Trinajstić information content (AvgIpc) is 2.92. The lowest BCUT2D eigenvalue weighted by Crippen LogP contribution is -2.03. The van der Waals surface area contributed by atoms with Gasteiger partial charge in [-0.1, -0.05) is 13.0 Å². The van der Waals surface area contributed by atoms with Gasteiger partial charge < -0.3 is 5.11 Å². The van der Waals surface area contributed by atoms with E-state index in [0.717, 1.165) is 23.2 Å². The largest absolute Gasteiger partial charge is 0.388 e. The van der Waals surface area contributed by atoms with Crippen LogP contribution in [0.25, 0.3) is 5.52 Å². The quantitative estimate of drug-likeness (QED) is 0.785. The van der Waals surface area contributed by atoms with Crippen molar-refractivity contribution < 1.29 is 5.11 Å². The second-order valence-corrected chi connectivity index (χ2v) is 4.74. The normalized spacial score (nSPS) is 12.7. The maximum absolute atomic E-state index is 10.4. The van der Waals surface area contributed by atoms with Crippen LogP contribution in [0, 0.1) is 0 Å². The first-order chi connectivity index (χ1) is 9.78. The maximum Gasteiger partial charge on any atom is 0.0903 e. The van der Waals surface area contributed by atoms with Crippen molar-refractivity contribution >= 4 is 5.52 Å². The molecule has 20 heavy (non-hydrogen) atoms. The van der Waals surface area contributed by atoms with Crippen molar-refractivity contribution in [1.29, 1.82) is 0 Å². The molecule has 0 aliphatic carbocycles. The van der Waals surface area contributed by atoms with Gasteiger partial charge >= 0.3 is 0 Å². The van der Waals surface area contributed by atoms with Gasteiger partial charge in [-0.15, -0.1) is 0 Å². The number of aromatic nitrogens is 4. The Kier molecular flexibility index (Phi) is 3.43. The van der Waals surface area contributed by atoms with Crippen LogP contribution in [0.3, 0.4) is 0 Å². The van der Waals surface area contributed by atoms with Crippen LogP contribution in [-0.2, 0) is 12.8 Å². The Morgan fingerprint density at radius 1 is 1.25 bits per heavy atom. The van der Waals surface area contributed by atoms with Gasteiger partial charge in [0.15, 0.2) is 0 Å². The molecule has 0 amide bonds. The highest BCUT2D eigenvalue weighted by Crippen LogP contribution is 2.21. The summed E-state index contributed by atoms with van der Waals surface area (Å²) in [5.41, 5.74) is 3.67. The van der Waals surface area contributed by atoms with Crippen LogP contribution in [0.1, 0.15) is 29.8 Å². The summed E-state index contributed by atoms with van der Waals surface area (Å²) in [4.78, 5) is 8.45. The molecule has 0 aromatic carbocycles. The van der Waals surface area contributed by atoms with Gasteiger partial charge in [-0.25, -0.2) is 4.52 Å². The molecule has 0 radical (unpaired) electrons. The minimum Gasteiger partial charge on any atom is -0.388 e. The lowest BCUT2D eigenvalue weighted by Gasteiger charge is -2.09. The number of hydrogen-bond donors (Lipinski definition) is 1. The molecule has 3 heterocycles. The number of aliphatic hydroxyl groups is 1. The van der Waals surface area contributed by atoms with E-state index in [1.54, 1.807) is 29.3 Å². The molecule has 1 N–H and O–H groups in total. The first-order valence-corrected chi connectivity index (χ1v) is 6.67. The van der Waals surface area contributed by atoms with Gasteiger partial charge in [-0.3, -0.25) is 9.97 Å². The highest BCUT2D eigenvalue weighted by molar-refractivity contribution is 5.52. The lowest BCUT2D eigenvalue weighted by atomic mass is 10.1. The predicted molar refractivity (Wildman–Crippen MR) is 75.3 cm³/mol. The van der Waals surface area contributed by atoms with E-state index in [2.05, 4.69) is 22.0 Å². The molecular weight excluding hydrogens is 252 g/mol. The van der Waals surface area contributed by atoms with Crippen LogP contribution in [0.15, 0.2) is 43.1 Å². The van der Waals surface area contributed by atoms with Gasteiger partial charge in [0.25, 0.3) is 0 Å². The summed E-state index contributed by atoms with van der Waals surface area (Å²) in [6.07, 6.45) is 9.49. The average molecular weight is 268 g/mol. The van der Waals surface area contributed by atoms with Crippen molar-refractivity contribution in [2.24, 2.45) is 0 Å². The third-order valence-electron chi connectivity index (χ3n) is 3.41. The summed E-state index contributed by atoms with van der Waals surface area (Å²) < 4.78 is 1.71. The predicted octanol–water partition coefficient (Wildman–Crippen LogP) is 1.96. The van der Waals surface area contributed by atoms with E-state index in [0.29, 0.717) is 6.42 Å². The molecule has 0 aliphatic rings. The molecule has 0 saturated carbocycles. The van der Waals surface area contributed by atoms with Crippen molar-refractivity contribution in [1.82, 2.24) is 19.6 Å². The Bertz CT molecular complexity index is 705. The fourth-order valence-corrected chi connectivity index (χ4v) is 2.20. The maximum atomic E-state index is 10.4. The van der Waals surface area contributed by atoms with Gasteiger partial charge in [0.05, 0.1) is 24.0 Å². The summed E-state index contributed by atoms with van der Waals surface area (Å²) in [6.45, 7) is 2.09. The Balaban J connectivity index is 1.83. The molecule has 0 spiro atoms. The monoisotopic (exact) mass is 268 g/mol. The zero-order valence-electron chi connectivity index (χ0n) is 11.3. The molecule has 3 aromatic rings. The number of nitrogens with zero attached hydrogens (tertiary/aromatic N) is 4. The van der Waals surface area contributed by atoms with E-state index < -0.39 is 6.10 Å². The molecule has 3 aromatic heterocycles. The molecule has 102 valence electrons. The summed E-state index contributed by atoms with van der Waals surface area (Å²) in [5.74, 6) is 0. The topological polar surface area (TPSA) is 63.3 Å². The second-order valence-electron chi connectivity index (χ2n) is 4.74. The Morgan fingerprint density at radius 2 is 2.15 bits per heavy atom. The van der Waals surface area contributed by atoms with Gasteiger partial charge in [-0.05, 0) is 18.1 Å². The molecule has 1 unspecified atom stereocenters. The summed E-state index contributed by atoms with van der Waals surface area (Å²) in [7, 11) is 0. The number of aliphatic hydroxyl groups excluding tert-OH is 1. The minimum atomic E-state index is -0.628. The van der Waals surface area contributed by atoms with E-state index in [4.69, 9.17) is 0 Å². The number of pyridine rings is 1.